The summed E-state index contributed by atoms with van der Waals surface area (Å²) in [5, 5.41) is 14.2. The van der Waals surface area contributed by atoms with Gasteiger partial charge in [-0.1, -0.05) is 42.5 Å². The lowest BCUT2D eigenvalue weighted by Crippen LogP contribution is -2.39. The van der Waals surface area contributed by atoms with E-state index in [9.17, 15) is 18.4 Å². The van der Waals surface area contributed by atoms with Crippen molar-refractivity contribution >= 4 is 17.7 Å². The maximum absolute atomic E-state index is 13.4. The van der Waals surface area contributed by atoms with Crippen molar-refractivity contribution in [2.24, 2.45) is 0 Å². The van der Waals surface area contributed by atoms with Crippen LogP contribution in [0.4, 0.5) is 19.3 Å². The molecule has 2 amide bonds. The Morgan fingerprint density at radius 2 is 1.81 bits per heavy atom. The molecule has 0 aliphatic rings. The van der Waals surface area contributed by atoms with E-state index in [4.69, 9.17) is 5.11 Å². The fourth-order valence-corrected chi connectivity index (χ4v) is 2.64. The summed E-state index contributed by atoms with van der Waals surface area (Å²) < 4.78 is 26.8. The zero-order valence-electron chi connectivity index (χ0n) is 14.9. The maximum Gasteiger partial charge on any atom is 0.319 e. The van der Waals surface area contributed by atoms with E-state index in [1.54, 1.807) is 0 Å². The highest BCUT2D eigenvalue weighted by Crippen LogP contribution is 2.28. The van der Waals surface area contributed by atoms with Crippen LogP contribution in [-0.2, 0) is 17.1 Å². The number of nitrogens with one attached hydrogen (secondary N) is 2. The van der Waals surface area contributed by atoms with Crippen molar-refractivity contribution in [1.29, 1.82) is 0 Å². The number of aliphatic carboxylic acids is 1. The van der Waals surface area contributed by atoms with Gasteiger partial charge in [0.1, 0.15) is 0 Å². The predicted octanol–water partition coefficient (Wildman–Crippen LogP) is 4.40. The Labute approximate surface area is 156 Å². The van der Waals surface area contributed by atoms with Gasteiger partial charge in [-0.25, -0.2) is 13.6 Å². The van der Waals surface area contributed by atoms with Crippen molar-refractivity contribution in [2.75, 3.05) is 5.32 Å². The highest BCUT2D eigenvalue weighted by Gasteiger charge is 2.24. The summed E-state index contributed by atoms with van der Waals surface area (Å²) in [4.78, 5) is 23.1. The first-order valence-electron chi connectivity index (χ1n) is 8.55. The van der Waals surface area contributed by atoms with E-state index in [1.807, 2.05) is 30.3 Å². The second-order valence-corrected chi connectivity index (χ2v) is 6.39. The number of carboxylic acid groups (broad SMARTS) is 1. The molecule has 0 radical (unpaired) electrons. The lowest BCUT2D eigenvalue weighted by atomic mass is 10.0. The zero-order valence-corrected chi connectivity index (χ0v) is 14.9. The molecule has 5 nitrogen and oxygen atoms in total. The number of carbonyl (C=O) groups excluding carboxylic acids is 1. The first kappa shape index (κ1) is 20.4. The van der Waals surface area contributed by atoms with E-state index < -0.39 is 24.0 Å². The highest BCUT2D eigenvalue weighted by molar-refractivity contribution is 5.89. The number of benzene rings is 2. The van der Waals surface area contributed by atoms with Crippen LogP contribution in [0.5, 0.6) is 0 Å². The number of anilines is 1. The van der Waals surface area contributed by atoms with Crippen molar-refractivity contribution in [3.05, 3.63) is 65.7 Å². The molecule has 2 aromatic carbocycles. The smallest absolute Gasteiger partial charge is 0.319 e. The van der Waals surface area contributed by atoms with E-state index in [2.05, 4.69) is 10.6 Å². The molecule has 2 aromatic rings. The molecule has 0 fully saturated rings. The molecule has 1 unspecified atom stereocenters. The summed E-state index contributed by atoms with van der Waals surface area (Å²) in [7, 11) is 0. The number of amides is 2. The zero-order chi connectivity index (χ0) is 19.9. The van der Waals surface area contributed by atoms with E-state index in [-0.39, 0.29) is 24.1 Å². The van der Waals surface area contributed by atoms with Crippen LogP contribution in [0.15, 0.2) is 54.6 Å². The lowest BCUT2D eigenvalue weighted by Gasteiger charge is -2.19. The highest BCUT2D eigenvalue weighted by atomic mass is 19.3. The average Bonchev–Trinajstić information content (AvgIpc) is 2.60. The largest absolute Gasteiger partial charge is 0.481 e. The van der Waals surface area contributed by atoms with Gasteiger partial charge in [-0.15, -0.1) is 0 Å². The summed E-state index contributed by atoms with van der Waals surface area (Å²) in [6.07, 6.45) is 0.634. The van der Waals surface area contributed by atoms with Gasteiger partial charge in [0.15, 0.2) is 0 Å². The van der Waals surface area contributed by atoms with Crippen LogP contribution in [0.2, 0.25) is 0 Å². The number of urea groups is 1. The van der Waals surface area contributed by atoms with Crippen molar-refractivity contribution in [2.45, 2.75) is 38.2 Å². The third kappa shape index (κ3) is 7.05. The van der Waals surface area contributed by atoms with Gasteiger partial charge >= 0.3 is 12.0 Å². The molecular formula is C20H22F2N2O3. The van der Waals surface area contributed by atoms with E-state index in [1.165, 1.54) is 24.3 Å². The van der Waals surface area contributed by atoms with Gasteiger partial charge in [0.25, 0.3) is 5.92 Å². The van der Waals surface area contributed by atoms with Crippen LogP contribution in [0.25, 0.3) is 0 Å². The summed E-state index contributed by atoms with van der Waals surface area (Å²) in [6, 6.07) is 13.8. The van der Waals surface area contributed by atoms with Gasteiger partial charge in [0, 0.05) is 30.6 Å². The number of halogens is 2. The first-order valence-corrected chi connectivity index (χ1v) is 8.55. The molecule has 0 aromatic heterocycles. The molecule has 2 rings (SSSR count). The number of carbonyl (C=O) groups is 2. The molecule has 0 saturated carbocycles. The molecule has 0 saturated heterocycles. The summed E-state index contributed by atoms with van der Waals surface area (Å²) >= 11 is 0. The van der Waals surface area contributed by atoms with Crippen LogP contribution in [-0.4, -0.2) is 23.1 Å². The van der Waals surface area contributed by atoms with Gasteiger partial charge in [0.05, 0.1) is 0 Å². The lowest BCUT2D eigenvalue weighted by molar-refractivity contribution is -0.137. The number of hydrogen-bond donors (Lipinski definition) is 3. The molecule has 0 spiro atoms. The minimum atomic E-state index is -3.01. The third-order valence-electron chi connectivity index (χ3n) is 3.99. The van der Waals surface area contributed by atoms with Crippen molar-refractivity contribution < 1.29 is 23.5 Å². The van der Waals surface area contributed by atoms with Crippen LogP contribution < -0.4 is 10.6 Å². The monoisotopic (exact) mass is 376 g/mol. The molecule has 1 atom stereocenters. The van der Waals surface area contributed by atoms with Crippen molar-refractivity contribution in [1.82, 2.24) is 5.32 Å². The molecule has 144 valence electrons. The predicted molar refractivity (Wildman–Crippen MR) is 99.0 cm³/mol. The first-order chi connectivity index (χ1) is 12.7. The van der Waals surface area contributed by atoms with Crippen molar-refractivity contribution in [3.63, 3.8) is 0 Å². The van der Waals surface area contributed by atoms with Crippen molar-refractivity contribution in [3.8, 4) is 0 Å². The van der Waals surface area contributed by atoms with E-state index in [0.717, 1.165) is 12.5 Å². The number of hydrogen-bond acceptors (Lipinski definition) is 2. The number of alkyl halides is 2. The Morgan fingerprint density at radius 1 is 1.11 bits per heavy atom. The Balaban J connectivity index is 2.03. The summed E-state index contributed by atoms with van der Waals surface area (Å²) in [6.45, 7) is 0.786. The van der Waals surface area contributed by atoms with Gasteiger partial charge < -0.3 is 15.7 Å². The average molecular weight is 376 g/mol. The third-order valence-corrected chi connectivity index (χ3v) is 3.99. The fraction of sp³-hybridized carbons (Fsp3) is 0.300. The van der Waals surface area contributed by atoms with Crippen LogP contribution >= 0.6 is 0 Å². The standard InChI is InChI=1S/C20H22F2N2O3/c1-20(21,22)15-8-5-9-16(13-15)23-19(27)24-17(10-11-18(25)26)12-14-6-3-2-4-7-14/h2-9,13,17H,10-12H2,1H3,(H,25,26)(H2,23,24,27). The van der Waals surface area contributed by atoms with Gasteiger partial charge in [0.2, 0.25) is 0 Å². The molecule has 0 aliphatic carbocycles. The Kier molecular flexibility index (Phi) is 6.87. The Bertz CT molecular complexity index is 776. The molecule has 27 heavy (non-hydrogen) atoms. The molecule has 0 aliphatic heterocycles. The molecule has 3 N–H and O–H groups in total. The van der Waals surface area contributed by atoms with Crippen LogP contribution in [0.1, 0.15) is 30.9 Å². The molecular weight excluding hydrogens is 354 g/mol. The van der Waals surface area contributed by atoms with Crippen LogP contribution in [0.3, 0.4) is 0 Å². The minimum Gasteiger partial charge on any atom is -0.481 e. The Hall–Kier alpha value is -2.96. The van der Waals surface area contributed by atoms with E-state index in [0.29, 0.717) is 6.42 Å². The number of carboxylic acids is 1. The summed E-state index contributed by atoms with van der Waals surface area (Å²) in [5.41, 5.74) is 0.996. The topological polar surface area (TPSA) is 78.4 Å². The quantitative estimate of drug-likeness (QED) is 0.639. The molecule has 0 bridgehead atoms. The second kappa shape index (κ2) is 9.12. The summed E-state index contributed by atoms with van der Waals surface area (Å²) in [5.74, 6) is -3.96. The Morgan fingerprint density at radius 3 is 2.44 bits per heavy atom. The second-order valence-electron chi connectivity index (χ2n) is 6.39. The van der Waals surface area contributed by atoms with Crippen LogP contribution in [0, 0.1) is 0 Å². The normalized spacial score (nSPS) is 12.3. The van der Waals surface area contributed by atoms with Gasteiger partial charge in [-0.3, -0.25) is 4.79 Å². The van der Waals surface area contributed by atoms with Gasteiger partial charge in [-0.05, 0) is 30.5 Å². The maximum atomic E-state index is 13.4. The fourth-order valence-electron chi connectivity index (χ4n) is 2.64. The SMILES string of the molecule is CC(F)(F)c1cccc(NC(=O)NC(CCC(=O)O)Cc2ccccc2)c1. The van der Waals surface area contributed by atoms with Gasteiger partial charge in [-0.2, -0.15) is 0 Å². The molecule has 7 heteroatoms. The van der Waals surface area contributed by atoms with E-state index >= 15 is 0 Å². The minimum absolute atomic E-state index is 0.0880. The molecule has 0 heterocycles. The number of rotatable bonds is 8.